The average molecular weight is 310 g/mol. The van der Waals surface area contributed by atoms with E-state index in [1.807, 2.05) is 0 Å². The summed E-state index contributed by atoms with van der Waals surface area (Å²) in [5.41, 5.74) is 6.75. The van der Waals surface area contributed by atoms with Crippen LogP contribution in [0.15, 0.2) is 23.1 Å². The van der Waals surface area contributed by atoms with Crippen LogP contribution in [-0.2, 0) is 14.6 Å². The molecule has 0 spiro atoms. The van der Waals surface area contributed by atoms with Gasteiger partial charge in [0.2, 0.25) is 5.91 Å². The van der Waals surface area contributed by atoms with Gasteiger partial charge >= 0.3 is 0 Å². The predicted molar refractivity (Wildman–Crippen MR) is 82.6 cm³/mol. The molecule has 0 radical (unpaired) electrons. The molecule has 2 rings (SSSR count). The summed E-state index contributed by atoms with van der Waals surface area (Å²) in [7, 11) is -3.77. The summed E-state index contributed by atoms with van der Waals surface area (Å²) < 4.78 is 25.2. The zero-order valence-electron chi connectivity index (χ0n) is 12.4. The number of hydrogen-bond acceptors (Lipinski definition) is 4. The van der Waals surface area contributed by atoms with Crippen molar-refractivity contribution in [2.24, 2.45) is 0 Å². The lowest BCUT2D eigenvalue weighted by Gasteiger charge is -2.18. The van der Waals surface area contributed by atoms with Gasteiger partial charge in [0.1, 0.15) is 5.25 Å². The van der Waals surface area contributed by atoms with E-state index < -0.39 is 21.0 Å². The number of rotatable bonds is 4. The Balaban J connectivity index is 2.21. The van der Waals surface area contributed by atoms with E-state index in [-0.39, 0.29) is 16.6 Å². The van der Waals surface area contributed by atoms with E-state index in [2.05, 4.69) is 5.32 Å². The highest BCUT2D eigenvalue weighted by atomic mass is 32.2. The highest BCUT2D eigenvalue weighted by molar-refractivity contribution is 7.93. The largest absolute Gasteiger partial charge is 0.398 e. The van der Waals surface area contributed by atoms with Gasteiger partial charge in [0.25, 0.3) is 0 Å². The Hall–Kier alpha value is -1.56. The van der Waals surface area contributed by atoms with Gasteiger partial charge in [-0.3, -0.25) is 4.79 Å². The fourth-order valence-corrected chi connectivity index (χ4v) is 4.09. The number of nitrogen functional groups attached to an aromatic ring is 1. The maximum absolute atomic E-state index is 12.6. The van der Waals surface area contributed by atoms with Crippen LogP contribution in [0.1, 0.15) is 38.2 Å². The number of benzene rings is 1. The van der Waals surface area contributed by atoms with E-state index in [0.29, 0.717) is 0 Å². The van der Waals surface area contributed by atoms with Crippen LogP contribution in [0.5, 0.6) is 0 Å². The lowest BCUT2D eigenvalue weighted by Crippen LogP contribution is -2.42. The summed E-state index contributed by atoms with van der Waals surface area (Å²) in [5.74, 6) is -0.442. The highest BCUT2D eigenvalue weighted by Crippen LogP contribution is 2.25. The number of carbonyl (C=O) groups is 1. The van der Waals surface area contributed by atoms with Gasteiger partial charge in [-0.25, -0.2) is 8.42 Å². The summed E-state index contributed by atoms with van der Waals surface area (Å²) >= 11 is 0. The van der Waals surface area contributed by atoms with Gasteiger partial charge in [0.05, 0.1) is 10.6 Å². The number of aryl methyl sites for hydroxylation is 1. The van der Waals surface area contributed by atoms with Crippen LogP contribution in [-0.4, -0.2) is 25.6 Å². The number of carbonyl (C=O) groups excluding carboxylic acids is 1. The molecule has 1 fully saturated rings. The number of hydrogen-bond donors (Lipinski definition) is 2. The van der Waals surface area contributed by atoms with Crippen LogP contribution in [0.4, 0.5) is 5.69 Å². The lowest BCUT2D eigenvalue weighted by molar-refractivity contribution is -0.121. The molecule has 0 bridgehead atoms. The summed E-state index contributed by atoms with van der Waals surface area (Å²) in [6.07, 6.45) is 4.00. The monoisotopic (exact) mass is 310 g/mol. The predicted octanol–water partition coefficient (Wildman–Crippen LogP) is 1.80. The molecule has 1 amide bonds. The Morgan fingerprint density at radius 3 is 2.57 bits per heavy atom. The normalized spacial score (nSPS) is 17.6. The van der Waals surface area contributed by atoms with Crippen molar-refractivity contribution in [3.8, 4) is 0 Å². The van der Waals surface area contributed by atoms with E-state index in [1.54, 1.807) is 19.1 Å². The van der Waals surface area contributed by atoms with E-state index in [4.69, 9.17) is 5.73 Å². The van der Waals surface area contributed by atoms with Crippen molar-refractivity contribution in [2.75, 3.05) is 5.73 Å². The fourth-order valence-electron chi connectivity index (χ4n) is 2.61. The second-order valence-electron chi connectivity index (χ2n) is 5.72. The van der Waals surface area contributed by atoms with Crippen LogP contribution in [0, 0.1) is 6.92 Å². The lowest BCUT2D eigenvalue weighted by atomic mass is 10.2. The quantitative estimate of drug-likeness (QED) is 0.830. The minimum absolute atomic E-state index is 0.0385. The molecule has 0 aromatic heterocycles. The number of nitrogens with two attached hydrogens (primary N) is 1. The Morgan fingerprint density at radius 1 is 1.33 bits per heavy atom. The number of anilines is 1. The summed E-state index contributed by atoms with van der Waals surface area (Å²) in [5, 5.41) is 1.69. The molecule has 0 heterocycles. The number of nitrogens with one attached hydrogen (secondary N) is 1. The highest BCUT2D eigenvalue weighted by Gasteiger charge is 2.32. The van der Waals surface area contributed by atoms with E-state index in [9.17, 15) is 13.2 Å². The topological polar surface area (TPSA) is 89.3 Å². The molecule has 1 aromatic rings. The Labute approximate surface area is 125 Å². The minimum atomic E-state index is -3.77. The van der Waals surface area contributed by atoms with Crippen LogP contribution in [0.3, 0.4) is 0 Å². The van der Waals surface area contributed by atoms with Gasteiger partial charge in [-0.1, -0.05) is 18.9 Å². The molecule has 1 aromatic carbocycles. The van der Waals surface area contributed by atoms with Crippen molar-refractivity contribution < 1.29 is 13.2 Å². The van der Waals surface area contributed by atoms with Crippen molar-refractivity contribution in [3.63, 3.8) is 0 Å². The van der Waals surface area contributed by atoms with Gasteiger partial charge < -0.3 is 11.1 Å². The summed E-state index contributed by atoms with van der Waals surface area (Å²) in [6.45, 7) is 3.21. The molecule has 0 saturated heterocycles. The first-order chi connectivity index (χ1) is 9.82. The van der Waals surface area contributed by atoms with Gasteiger partial charge in [-0.05, 0) is 44.4 Å². The minimum Gasteiger partial charge on any atom is -0.398 e. The van der Waals surface area contributed by atoms with Crippen LogP contribution < -0.4 is 11.1 Å². The second kappa shape index (κ2) is 6.05. The molecule has 1 unspecified atom stereocenters. The molecule has 1 saturated carbocycles. The standard InChI is InChI=1S/C15H22N2O3S/c1-10-7-8-13(16)14(9-10)21(19,20)11(2)15(18)17-12-5-3-4-6-12/h7-9,11-12H,3-6,16H2,1-2H3,(H,17,18). The van der Waals surface area contributed by atoms with E-state index in [1.165, 1.54) is 13.0 Å². The molecule has 5 nitrogen and oxygen atoms in total. The Morgan fingerprint density at radius 2 is 1.95 bits per heavy atom. The number of sulfone groups is 1. The Kier molecular flexibility index (Phi) is 4.56. The molecular weight excluding hydrogens is 288 g/mol. The van der Waals surface area contributed by atoms with Crippen LogP contribution in [0.2, 0.25) is 0 Å². The van der Waals surface area contributed by atoms with E-state index >= 15 is 0 Å². The molecule has 1 atom stereocenters. The van der Waals surface area contributed by atoms with Gasteiger partial charge in [0.15, 0.2) is 9.84 Å². The maximum Gasteiger partial charge on any atom is 0.238 e. The van der Waals surface area contributed by atoms with Crippen molar-refractivity contribution in [3.05, 3.63) is 23.8 Å². The van der Waals surface area contributed by atoms with Crippen molar-refractivity contribution in [2.45, 2.75) is 55.7 Å². The third-order valence-electron chi connectivity index (χ3n) is 4.01. The van der Waals surface area contributed by atoms with Crippen molar-refractivity contribution >= 4 is 21.4 Å². The molecule has 0 aliphatic heterocycles. The van der Waals surface area contributed by atoms with Gasteiger partial charge in [0, 0.05) is 6.04 Å². The van der Waals surface area contributed by atoms with Gasteiger partial charge in [-0.15, -0.1) is 0 Å². The average Bonchev–Trinajstić information content (AvgIpc) is 2.93. The third kappa shape index (κ3) is 3.37. The first-order valence-electron chi connectivity index (χ1n) is 7.23. The first-order valence-corrected chi connectivity index (χ1v) is 8.77. The zero-order chi connectivity index (χ0) is 15.6. The molecule has 6 heteroatoms. The zero-order valence-corrected chi connectivity index (χ0v) is 13.2. The molecule has 1 aliphatic rings. The smallest absolute Gasteiger partial charge is 0.238 e. The van der Waals surface area contributed by atoms with Crippen molar-refractivity contribution in [1.29, 1.82) is 0 Å². The van der Waals surface area contributed by atoms with E-state index in [0.717, 1.165) is 31.2 Å². The first kappa shape index (κ1) is 15.8. The summed E-state index contributed by atoms with van der Waals surface area (Å²) in [4.78, 5) is 12.2. The van der Waals surface area contributed by atoms with Crippen LogP contribution in [0.25, 0.3) is 0 Å². The van der Waals surface area contributed by atoms with Crippen molar-refractivity contribution in [1.82, 2.24) is 5.32 Å². The second-order valence-corrected chi connectivity index (χ2v) is 7.96. The third-order valence-corrected chi connectivity index (χ3v) is 6.12. The SMILES string of the molecule is Cc1ccc(N)c(S(=O)(=O)C(C)C(=O)NC2CCCC2)c1. The summed E-state index contributed by atoms with van der Waals surface area (Å²) in [6, 6.07) is 4.93. The maximum atomic E-state index is 12.6. The van der Waals surface area contributed by atoms with Crippen LogP contribution >= 0.6 is 0 Å². The molecule has 1 aliphatic carbocycles. The molecular formula is C15H22N2O3S. The molecule has 3 N–H and O–H groups in total. The fraction of sp³-hybridized carbons (Fsp3) is 0.533. The number of amides is 1. The molecule has 21 heavy (non-hydrogen) atoms. The Bertz CT molecular complexity index is 634. The van der Waals surface area contributed by atoms with Gasteiger partial charge in [-0.2, -0.15) is 0 Å². The molecule has 116 valence electrons.